The molecule has 0 fully saturated rings. The summed E-state index contributed by atoms with van der Waals surface area (Å²) in [7, 11) is 1.56. The number of aromatic carboxylic acids is 1. The number of ether oxygens (including phenoxy) is 1. The second-order valence-corrected chi connectivity index (χ2v) is 3.94. The fourth-order valence-electron chi connectivity index (χ4n) is 1.43. The van der Waals surface area contributed by atoms with Gasteiger partial charge < -0.3 is 9.84 Å². The predicted molar refractivity (Wildman–Crippen MR) is 63.0 cm³/mol. The van der Waals surface area contributed by atoms with Crippen molar-refractivity contribution < 1.29 is 14.6 Å². The van der Waals surface area contributed by atoms with Crippen LogP contribution in [0.25, 0.3) is 10.8 Å². The minimum absolute atomic E-state index is 0.00706. The number of aromatic nitrogens is 1. The third-order valence-electron chi connectivity index (χ3n) is 2.21. The summed E-state index contributed by atoms with van der Waals surface area (Å²) in [5, 5.41) is 10.5. The van der Waals surface area contributed by atoms with Crippen LogP contribution in [0.15, 0.2) is 28.9 Å². The zero-order valence-electron chi connectivity index (χ0n) is 8.40. The van der Waals surface area contributed by atoms with E-state index in [-0.39, 0.29) is 5.69 Å². The van der Waals surface area contributed by atoms with Crippen LogP contribution in [0.5, 0.6) is 5.75 Å². The molecule has 2 rings (SSSR count). The van der Waals surface area contributed by atoms with Crippen LogP contribution in [-0.4, -0.2) is 23.2 Å². The van der Waals surface area contributed by atoms with Crippen molar-refractivity contribution >= 4 is 32.7 Å². The molecule has 5 heteroatoms. The van der Waals surface area contributed by atoms with Gasteiger partial charge in [0.1, 0.15) is 16.0 Å². The topological polar surface area (TPSA) is 59.4 Å². The zero-order valence-corrected chi connectivity index (χ0v) is 9.98. The first-order chi connectivity index (χ1) is 7.61. The molecule has 1 heterocycles. The molecule has 0 aliphatic heterocycles. The van der Waals surface area contributed by atoms with Crippen LogP contribution in [0.3, 0.4) is 0 Å². The molecule has 0 aliphatic rings. The molecular formula is C11H8BrNO3. The van der Waals surface area contributed by atoms with E-state index in [9.17, 15) is 4.79 Å². The van der Waals surface area contributed by atoms with E-state index in [4.69, 9.17) is 9.84 Å². The largest absolute Gasteiger partial charge is 0.497 e. The monoisotopic (exact) mass is 281 g/mol. The van der Waals surface area contributed by atoms with Crippen molar-refractivity contribution in [2.24, 2.45) is 0 Å². The second kappa shape index (κ2) is 4.09. The summed E-state index contributed by atoms with van der Waals surface area (Å²) in [4.78, 5) is 14.8. The minimum atomic E-state index is -1.05. The van der Waals surface area contributed by atoms with Gasteiger partial charge in [0.15, 0.2) is 0 Å². The van der Waals surface area contributed by atoms with E-state index < -0.39 is 5.97 Å². The number of fused-ring (bicyclic) bond motifs is 1. The highest BCUT2D eigenvalue weighted by Gasteiger charge is 2.09. The number of nitrogens with zero attached hydrogens (tertiary/aromatic N) is 1. The third kappa shape index (κ3) is 1.86. The van der Waals surface area contributed by atoms with Crippen LogP contribution in [0, 0.1) is 0 Å². The number of hydrogen-bond acceptors (Lipinski definition) is 3. The average molecular weight is 282 g/mol. The van der Waals surface area contributed by atoms with Gasteiger partial charge in [-0.05, 0) is 45.6 Å². The molecule has 0 atom stereocenters. The van der Waals surface area contributed by atoms with E-state index in [1.54, 1.807) is 19.2 Å². The molecule has 82 valence electrons. The van der Waals surface area contributed by atoms with Gasteiger partial charge in [0.2, 0.25) is 0 Å². The highest BCUT2D eigenvalue weighted by atomic mass is 79.9. The first kappa shape index (κ1) is 10.9. The number of hydrogen-bond donors (Lipinski definition) is 1. The summed E-state index contributed by atoms with van der Waals surface area (Å²) in [6.45, 7) is 0. The van der Waals surface area contributed by atoms with Crippen molar-refractivity contribution in [1.82, 2.24) is 4.98 Å². The number of halogens is 1. The summed E-state index contributed by atoms with van der Waals surface area (Å²) in [5.74, 6) is -0.368. The van der Waals surface area contributed by atoms with Crippen molar-refractivity contribution in [3.05, 3.63) is 34.6 Å². The minimum Gasteiger partial charge on any atom is -0.497 e. The Labute approximate surface area is 100.0 Å². The van der Waals surface area contributed by atoms with Crippen molar-refractivity contribution in [3.63, 3.8) is 0 Å². The molecule has 0 amide bonds. The van der Waals surface area contributed by atoms with E-state index >= 15 is 0 Å². The molecule has 0 unspecified atom stereocenters. The van der Waals surface area contributed by atoms with Gasteiger partial charge in [0, 0.05) is 5.39 Å². The second-order valence-electron chi connectivity index (χ2n) is 3.19. The number of carboxylic acid groups (broad SMARTS) is 1. The zero-order chi connectivity index (χ0) is 11.7. The van der Waals surface area contributed by atoms with Gasteiger partial charge >= 0.3 is 5.97 Å². The SMILES string of the molecule is COc1ccc2c(Br)nc(C(=O)O)cc2c1. The van der Waals surface area contributed by atoms with E-state index in [0.29, 0.717) is 10.4 Å². The summed E-state index contributed by atoms with van der Waals surface area (Å²) in [6, 6.07) is 6.92. The van der Waals surface area contributed by atoms with Crippen LogP contribution >= 0.6 is 15.9 Å². The Hall–Kier alpha value is -1.62. The summed E-state index contributed by atoms with van der Waals surface area (Å²) < 4.78 is 5.60. The standard InChI is InChI=1S/C11H8BrNO3/c1-16-7-2-3-8-6(4-7)5-9(11(14)15)13-10(8)12/h2-5H,1H3,(H,14,15). The predicted octanol–water partition coefficient (Wildman–Crippen LogP) is 2.70. The molecule has 0 bridgehead atoms. The summed E-state index contributed by atoms with van der Waals surface area (Å²) >= 11 is 3.25. The number of benzene rings is 1. The Morgan fingerprint density at radius 3 is 2.81 bits per heavy atom. The number of pyridine rings is 1. The summed E-state index contributed by atoms with van der Waals surface area (Å²) in [5.41, 5.74) is 0.00706. The van der Waals surface area contributed by atoms with Gasteiger partial charge in [-0.3, -0.25) is 0 Å². The van der Waals surface area contributed by atoms with Crippen LogP contribution in [0.4, 0.5) is 0 Å². The van der Waals surface area contributed by atoms with Crippen molar-refractivity contribution in [2.45, 2.75) is 0 Å². The maximum Gasteiger partial charge on any atom is 0.354 e. The molecule has 2 aromatic rings. The van der Waals surface area contributed by atoms with Gasteiger partial charge in [-0.2, -0.15) is 0 Å². The number of carbonyl (C=O) groups is 1. The van der Waals surface area contributed by atoms with Gasteiger partial charge in [0.25, 0.3) is 0 Å². The van der Waals surface area contributed by atoms with Gasteiger partial charge in [0.05, 0.1) is 7.11 Å². The molecule has 1 N–H and O–H groups in total. The normalized spacial score (nSPS) is 10.4. The fourth-order valence-corrected chi connectivity index (χ4v) is 1.98. The number of carboxylic acids is 1. The maximum absolute atomic E-state index is 10.8. The Bertz CT molecular complexity index is 568. The molecule has 1 aromatic carbocycles. The smallest absolute Gasteiger partial charge is 0.354 e. The van der Waals surface area contributed by atoms with E-state index in [1.165, 1.54) is 6.07 Å². The maximum atomic E-state index is 10.8. The fraction of sp³-hybridized carbons (Fsp3) is 0.0909. The van der Waals surface area contributed by atoms with E-state index in [2.05, 4.69) is 20.9 Å². The van der Waals surface area contributed by atoms with E-state index in [1.807, 2.05) is 6.07 Å². The Balaban J connectivity index is 2.72. The Morgan fingerprint density at radius 2 is 2.19 bits per heavy atom. The number of methoxy groups -OCH3 is 1. The lowest BCUT2D eigenvalue weighted by atomic mass is 10.1. The molecule has 0 saturated heterocycles. The quantitative estimate of drug-likeness (QED) is 0.860. The van der Waals surface area contributed by atoms with Crippen molar-refractivity contribution in [2.75, 3.05) is 7.11 Å². The molecule has 0 spiro atoms. The molecular weight excluding hydrogens is 274 g/mol. The van der Waals surface area contributed by atoms with Crippen LogP contribution in [-0.2, 0) is 0 Å². The summed E-state index contributed by atoms with van der Waals surface area (Å²) in [6.07, 6.45) is 0. The van der Waals surface area contributed by atoms with Crippen LogP contribution < -0.4 is 4.74 Å². The van der Waals surface area contributed by atoms with Gasteiger partial charge in [-0.15, -0.1) is 0 Å². The van der Waals surface area contributed by atoms with Crippen molar-refractivity contribution in [1.29, 1.82) is 0 Å². The molecule has 1 aromatic heterocycles. The first-order valence-corrected chi connectivity index (χ1v) is 5.28. The first-order valence-electron chi connectivity index (χ1n) is 4.49. The molecule has 0 radical (unpaired) electrons. The van der Waals surface area contributed by atoms with Crippen LogP contribution in [0.1, 0.15) is 10.5 Å². The lowest BCUT2D eigenvalue weighted by Crippen LogP contribution is -2.00. The van der Waals surface area contributed by atoms with E-state index in [0.717, 1.165) is 10.8 Å². The van der Waals surface area contributed by atoms with Crippen LogP contribution in [0.2, 0.25) is 0 Å². The highest BCUT2D eigenvalue weighted by molar-refractivity contribution is 9.10. The molecule has 0 saturated carbocycles. The third-order valence-corrected chi connectivity index (χ3v) is 2.82. The average Bonchev–Trinajstić information content (AvgIpc) is 2.28. The Morgan fingerprint density at radius 1 is 1.44 bits per heavy atom. The number of rotatable bonds is 2. The van der Waals surface area contributed by atoms with Gasteiger partial charge in [-0.25, -0.2) is 9.78 Å². The van der Waals surface area contributed by atoms with Gasteiger partial charge in [-0.1, -0.05) is 0 Å². The lowest BCUT2D eigenvalue weighted by Gasteiger charge is -2.05. The molecule has 0 aliphatic carbocycles. The highest BCUT2D eigenvalue weighted by Crippen LogP contribution is 2.26. The lowest BCUT2D eigenvalue weighted by molar-refractivity contribution is 0.0690. The Kier molecular flexibility index (Phi) is 2.78. The molecule has 4 nitrogen and oxygen atoms in total. The van der Waals surface area contributed by atoms with Crippen molar-refractivity contribution in [3.8, 4) is 5.75 Å². The molecule has 16 heavy (non-hydrogen) atoms.